The van der Waals surface area contributed by atoms with Crippen molar-refractivity contribution in [3.63, 3.8) is 0 Å². The van der Waals surface area contributed by atoms with Crippen LogP contribution in [0.1, 0.15) is 10.4 Å². The van der Waals surface area contributed by atoms with Crippen LogP contribution in [-0.4, -0.2) is 51.2 Å². The number of halogens is 1. The Kier molecular flexibility index (Phi) is 5.34. The van der Waals surface area contributed by atoms with E-state index in [1.165, 1.54) is 0 Å². The summed E-state index contributed by atoms with van der Waals surface area (Å²) in [7, 11) is 3.12. The molecule has 1 aliphatic rings. The van der Waals surface area contributed by atoms with Crippen molar-refractivity contribution in [1.29, 1.82) is 0 Å². The lowest BCUT2D eigenvalue weighted by atomic mass is 10.1. The first-order valence-electron chi connectivity index (χ1n) is 8.15. The van der Waals surface area contributed by atoms with E-state index in [0.29, 0.717) is 30.2 Å². The summed E-state index contributed by atoms with van der Waals surface area (Å²) in [5.41, 5.74) is 1.65. The van der Waals surface area contributed by atoms with Gasteiger partial charge in [0.05, 0.1) is 19.8 Å². The molecule has 0 aliphatic carbocycles. The highest BCUT2D eigenvalue weighted by Crippen LogP contribution is 2.31. The van der Waals surface area contributed by atoms with E-state index in [4.69, 9.17) is 21.1 Å². The third kappa shape index (κ3) is 3.66. The van der Waals surface area contributed by atoms with E-state index in [2.05, 4.69) is 4.90 Å². The number of rotatable bonds is 4. The van der Waals surface area contributed by atoms with Gasteiger partial charge in [-0.2, -0.15) is 0 Å². The maximum Gasteiger partial charge on any atom is 0.257 e. The molecule has 0 radical (unpaired) electrons. The maximum atomic E-state index is 12.9. The van der Waals surface area contributed by atoms with Crippen molar-refractivity contribution < 1.29 is 14.3 Å². The third-order valence-corrected chi connectivity index (χ3v) is 4.64. The van der Waals surface area contributed by atoms with Gasteiger partial charge in [-0.1, -0.05) is 17.7 Å². The van der Waals surface area contributed by atoms with Gasteiger partial charge in [0, 0.05) is 36.9 Å². The molecule has 2 aromatic rings. The molecule has 2 aromatic carbocycles. The van der Waals surface area contributed by atoms with Crippen LogP contribution in [0.5, 0.6) is 11.5 Å². The molecule has 5 nitrogen and oxygen atoms in total. The molecule has 1 amide bonds. The van der Waals surface area contributed by atoms with Crippen LogP contribution in [0.4, 0.5) is 5.69 Å². The summed E-state index contributed by atoms with van der Waals surface area (Å²) in [5.74, 6) is 1.01. The molecular formula is C19H21ClN2O3. The van der Waals surface area contributed by atoms with Crippen LogP contribution in [0.3, 0.4) is 0 Å². The van der Waals surface area contributed by atoms with Crippen molar-refractivity contribution in [3.05, 3.63) is 53.1 Å². The van der Waals surface area contributed by atoms with Crippen molar-refractivity contribution in [2.24, 2.45) is 0 Å². The minimum atomic E-state index is -0.0356. The number of methoxy groups -OCH3 is 2. The van der Waals surface area contributed by atoms with E-state index >= 15 is 0 Å². The Morgan fingerprint density at radius 2 is 1.64 bits per heavy atom. The number of benzene rings is 2. The molecule has 0 unspecified atom stereocenters. The molecule has 0 spiro atoms. The summed E-state index contributed by atoms with van der Waals surface area (Å²) in [5, 5.41) is 0.725. The Labute approximate surface area is 152 Å². The minimum absolute atomic E-state index is 0.0356. The Balaban J connectivity index is 1.71. The highest BCUT2D eigenvalue weighted by atomic mass is 35.5. The molecule has 0 aromatic heterocycles. The van der Waals surface area contributed by atoms with Crippen LogP contribution in [0.2, 0.25) is 5.02 Å². The number of nitrogens with zero attached hydrogens (tertiary/aromatic N) is 2. The van der Waals surface area contributed by atoms with Crippen LogP contribution in [-0.2, 0) is 0 Å². The predicted molar refractivity (Wildman–Crippen MR) is 99.1 cm³/mol. The van der Waals surface area contributed by atoms with E-state index in [-0.39, 0.29) is 5.91 Å². The number of hydrogen-bond donors (Lipinski definition) is 0. The number of piperazine rings is 1. The first kappa shape index (κ1) is 17.4. The summed E-state index contributed by atoms with van der Waals surface area (Å²) in [6, 6.07) is 13.1. The van der Waals surface area contributed by atoms with E-state index < -0.39 is 0 Å². The molecule has 1 heterocycles. The number of carbonyl (C=O) groups is 1. The van der Waals surface area contributed by atoms with Gasteiger partial charge in [0.15, 0.2) is 11.5 Å². The molecular weight excluding hydrogens is 340 g/mol. The maximum absolute atomic E-state index is 12.9. The number of para-hydroxylation sites is 1. The second-order valence-electron chi connectivity index (χ2n) is 5.80. The standard InChI is InChI=1S/C19H21ClN2O3/c1-24-17-5-3-4-16(18(17)25-2)19(23)22-12-10-21(11-13-22)15-8-6-14(20)7-9-15/h3-9H,10-13H2,1-2H3. The topological polar surface area (TPSA) is 42.0 Å². The highest BCUT2D eigenvalue weighted by Gasteiger charge is 2.25. The highest BCUT2D eigenvalue weighted by molar-refractivity contribution is 6.30. The smallest absolute Gasteiger partial charge is 0.257 e. The molecule has 0 bridgehead atoms. The van der Waals surface area contributed by atoms with Gasteiger partial charge >= 0.3 is 0 Å². The largest absolute Gasteiger partial charge is 0.493 e. The third-order valence-electron chi connectivity index (χ3n) is 4.39. The van der Waals surface area contributed by atoms with Gasteiger partial charge in [-0.3, -0.25) is 4.79 Å². The minimum Gasteiger partial charge on any atom is -0.493 e. The van der Waals surface area contributed by atoms with E-state index in [9.17, 15) is 4.79 Å². The lowest BCUT2D eigenvalue weighted by Gasteiger charge is -2.36. The molecule has 0 N–H and O–H groups in total. The fraction of sp³-hybridized carbons (Fsp3) is 0.316. The van der Waals surface area contributed by atoms with Crippen LogP contribution in [0.25, 0.3) is 0 Å². The molecule has 1 fully saturated rings. The molecule has 1 aliphatic heterocycles. The Bertz CT molecular complexity index is 741. The lowest BCUT2D eigenvalue weighted by Crippen LogP contribution is -2.48. The van der Waals surface area contributed by atoms with Crippen LogP contribution >= 0.6 is 11.6 Å². The Hall–Kier alpha value is -2.40. The fourth-order valence-electron chi connectivity index (χ4n) is 3.05. The average molecular weight is 361 g/mol. The van der Waals surface area contributed by atoms with Gasteiger partial charge in [-0.25, -0.2) is 0 Å². The zero-order valence-corrected chi connectivity index (χ0v) is 15.1. The molecule has 0 saturated carbocycles. The summed E-state index contributed by atoms with van der Waals surface area (Å²) in [6.45, 7) is 2.86. The quantitative estimate of drug-likeness (QED) is 0.838. The lowest BCUT2D eigenvalue weighted by molar-refractivity contribution is 0.0742. The van der Waals surface area contributed by atoms with Crippen LogP contribution in [0, 0.1) is 0 Å². The van der Waals surface area contributed by atoms with Crippen LogP contribution < -0.4 is 14.4 Å². The first-order valence-corrected chi connectivity index (χ1v) is 8.52. The van der Waals surface area contributed by atoms with Gasteiger partial charge in [-0.15, -0.1) is 0 Å². The number of carbonyl (C=O) groups excluding carboxylic acids is 1. The summed E-state index contributed by atoms with van der Waals surface area (Å²) in [4.78, 5) is 17.0. The zero-order valence-electron chi connectivity index (χ0n) is 14.4. The normalized spacial score (nSPS) is 14.4. The summed E-state index contributed by atoms with van der Waals surface area (Å²) < 4.78 is 10.7. The van der Waals surface area contributed by atoms with Crippen molar-refractivity contribution in [1.82, 2.24) is 4.90 Å². The summed E-state index contributed by atoms with van der Waals surface area (Å²) in [6.07, 6.45) is 0. The Morgan fingerprint density at radius 1 is 0.960 bits per heavy atom. The molecule has 25 heavy (non-hydrogen) atoms. The number of ether oxygens (including phenoxy) is 2. The van der Waals surface area contributed by atoms with Gasteiger partial charge in [-0.05, 0) is 36.4 Å². The molecule has 6 heteroatoms. The van der Waals surface area contributed by atoms with Gasteiger partial charge in [0.25, 0.3) is 5.91 Å². The molecule has 1 saturated heterocycles. The summed E-state index contributed by atoms with van der Waals surface area (Å²) >= 11 is 5.94. The van der Waals surface area contributed by atoms with Gasteiger partial charge in [0.2, 0.25) is 0 Å². The van der Waals surface area contributed by atoms with E-state index in [0.717, 1.165) is 23.8 Å². The average Bonchev–Trinajstić information content (AvgIpc) is 2.67. The second-order valence-corrected chi connectivity index (χ2v) is 6.23. The Morgan fingerprint density at radius 3 is 2.24 bits per heavy atom. The van der Waals surface area contributed by atoms with Gasteiger partial charge < -0.3 is 19.3 Å². The second kappa shape index (κ2) is 7.66. The SMILES string of the molecule is COc1cccc(C(=O)N2CCN(c3ccc(Cl)cc3)CC2)c1OC. The first-order chi connectivity index (χ1) is 12.1. The number of anilines is 1. The van der Waals surface area contributed by atoms with Crippen LogP contribution in [0.15, 0.2) is 42.5 Å². The molecule has 3 rings (SSSR count). The molecule has 132 valence electrons. The van der Waals surface area contributed by atoms with Crippen molar-refractivity contribution in [3.8, 4) is 11.5 Å². The van der Waals surface area contributed by atoms with E-state index in [1.807, 2.05) is 29.2 Å². The van der Waals surface area contributed by atoms with Crippen molar-refractivity contribution in [2.45, 2.75) is 0 Å². The van der Waals surface area contributed by atoms with Crippen molar-refractivity contribution >= 4 is 23.2 Å². The fourth-order valence-corrected chi connectivity index (χ4v) is 3.17. The van der Waals surface area contributed by atoms with E-state index in [1.54, 1.807) is 32.4 Å². The number of hydrogen-bond acceptors (Lipinski definition) is 4. The van der Waals surface area contributed by atoms with Gasteiger partial charge in [0.1, 0.15) is 0 Å². The number of amides is 1. The molecule has 0 atom stereocenters. The van der Waals surface area contributed by atoms with Crippen molar-refractivity contribution in [2.75, 3.05) is 45.3 Å². The monoisotopic (exact) mass is 360 g/mol. The zero-order chi connectivity index (χ0) is 17.8. The predicted octanol–water partition coefficient (Wildman–Crippen LogP) is 3.32.